The molecule has 18 heteroatoms. The smallest absolute Gasteiger partial charge is 0.452 e. The minimum absolute atomic E-state index is 0.0192. The van der Waals surface area contributed by atoms with Gasteiger partial charge < -0.3 is 30.7 Å². The van der Waals surface area contributed by atoms with Crippen LogP contribution in [0.1, 0.15) is 47.3 Å². The molecule has 1 aliphatic heterocycles. The number of hydrogen-bond acceptors (Lipinski definition) is 8. The Hall–Kier alpha value is -5.16. The first-order valence-electron chi connectivity index (χ1n) is 17.0. The number of carboxylic acid groups (broad SMARTS) is 1. The number of sulfone groups is 1. The van der Waals surface area contributed by atoms with Gasteiger partial charge in [0.2, 0.25) is 11.8 Å². The molecule has 0 spiro atoms. The van der Waals surface area contributed by atoms with E-state index in [1.54, 1.807) is 36.4 Å². The van der Waals surface area contributed by atoms with Crippen LogP contribution in [0.4, 0.5) is 18.0 Å². The number of methoxy groups -OCH3 is 1. The summed E-state index contributed by atoms with van der Waals surface area (Å²) in [6.45, 7) is 2.00. The van der Waals surface area contributed by atoms with Crippen molar-refractivity contribution in [2.24, 2.45) is 5.92 Å². The van der Waals surface area contributed by atoms with Gasteiger partial charge in [-0.15, -0.1) is 0 Å². The van der Waals surface area contributed by atoms with E-state index in [4.69, 9.17) is 21.4 Å². The van der Waals surface area contributed by atoms with E-state index in [2.05, 4.69) is 16.0 Å². The van der Waals surface area contributed by atoms with E-state index in [0.29, 0.717) is 22.4 Å². The molecular formula is C37H40ClF3N4O9S. The number of amides is 4. The van der Waals surface area contributed by atoms with Crippen LogP contribution in [0.3, 0.4) is 0 Å². The number of carbonyl (C=O) groups is 5. The van der Waals surface area contributed by atoms with Crippen molar-refractivity contribution >= 4 is 51.0 Å². The van der Waals surface area contributed by atoms with Crippen LogP contribution >= 0.6 is 11.6 Å². The molecule has 1 aliphatic rings. The summed E-state index contributed by atoms with van der Waals surface area (Å²) in [6.07, 6.45) is -7.25. The van der Waals surface area contributed by atoms with Crippen molar-refractivity contribution in [3.8, 4) is 5.75 Å². The van der Waals surface area contributed by atoms with Crippen LogP contribution in [0.25, 0.3) is 0 Å². The Morgan fingerprint density at radius 1 is 0.945 bits per heavy atom. The zero-order valence-corrected chi connectivity index (χ0v) is 31.5. The van der Waals surface area contributed by atoms with E-state index in [0.717, 1.165) is 4.90 Å². The van der Waals surface area contributed by atoms with Crippen LogP contribution in [0.15, 0.2) is 72.8 Å². The summed E-state index contributed by atoms with van der Waals surface area (Å²) >= 11 is 6.08. The normalized spacial score (nSPS) is 16.9. The maximum absolute atomic E-state index is 14.5. The number of nitrogens with one attached hydrogen (secondary N) is 3. The minimum Gasteiger partial charge on any atom is -0.497 e. The van der Waals surface area contributed by atoms with Gasteiger partial charge in [-0.2, -0.15) is 13.2 Å². The lowest BCUT2D eigenvalue weighted by Crippen LogP contribution is -2.57. The molecular weight excluding hydrogens is 769 g/mol. The fourth-order valence-electron chi connectivity index (χ4n) is 6.06. The molecule has 0 aliphatic carbocycles. The summed E-state index contributed by atoms with van der Waals surface area (Å²) < 4.78 is 73.4. The summed E-state index contributed by atoms with van der Waals surface area (Å²) in [6, 6.07) is 13.2. The van der Waals surface area contributed by atoms with Gasteiger partial charge in [0.15, 0.2) is 9.84 Å². The molecule has 4 N–H and O–H groups in total. The highest BCUT2D eigenvalue weighted by atomic mass is 35.5. The molecule has 1 fully saturated rings. The molecule has 3 aromatic rings. The number of nitrogens with zero attached hydrogens (tertiary/aromatic N) is 1. The standard InChI is InChI=1S/C37H40ClF3N4O9S/c1-21(2)31(32(46)37(39,40)41)44-34(48)30-17-28(55(52,53)20-24-11-13-27(54-3)14-12-24)19-45(30)35(49)29(43-33(47)25-5-4-6-26(38)16-25)15-22-7-9-23(10-8-22)18-42-36(50)51/h4-14,16,21,28-31,42H,15,17-20H2,1-3H3,(H,43,47)(H,44,48)(H,50,51)/t28-,29?,30+,31?/m1/s1. The summed E-state index contributed by atoms with van der Waals surface area (Å²) in [5, 5.41) is 14.7. The van der Waals surface area contributed by atoms with Gasteiger partial charge in [0.05, 0.1) is 24.2 Å². The third-order valence-electron chi connectivity index (χ3n) is 9.01. The Morgan fingerprint density at radius 3 is 2.13 bits per heavy atom. The van der Waals surface area contributed by atoms with Crippen molar-refractivity contribution in [1.82, 2.24) is 20.9 Å². The third kappa shape index (κ3) is 11.4. The number of Topliss-reactive ketones (excluding diaryl/α,β-unsaturated/α-hetero) is 1. The van der Waals surface area contributed by atoms with Crippen molar-refractivity contribution < 1.29 is 55.4 Å². The molecule has 4 rings (SSSR count). The molecule has 3 aromatic carbocycles. The summed E-state index contributed by atoms with van der Waals surface area (Å²) in [7, 11) is -2.70. The number of hydrogen-bond donors (Lipinski definition) is 4. The predicted molar refractivity (Wildman–Crippen MR) is 195 cm³/mol. The number of rotatable bonds is 15. The highest BCUT2D eigenvalue weighted by Crippen LogP contribution is 2.29. The van der Waals surface area contributed by atoms with E-state index < -0.39 is 93.6 Å². The van der Waals surface area contributed by atoms with Crippen LogP contribution < -0.4 is 20.7 Å². The number of likely N-dealkylation sites (tertiary alicyclic amines) is 1. The average molecular weight is 809 g/mol. The molecule has 0 radical (unpaired) electrons. The van der Waals surface area contributed by atoms with Crippen molar-refractivity contribution in [1.29, 1.82) is 0 Å². The summed E-state index contributed by atoms with van der Waals surface area (Å²) in [5.74, 6) is -6.12. The Kier molecular flexibility index (Phi) is 13.9. The molecule has 2 unspecified atom stereocenters. The van der Waals surface area contributed by atoms with Gasteiger partial charge in [0, 0.05) is 30.1 Å². The molecule has 1 saturated heterocycles. The maximum atomic E-state index is 14.5. The van der Waals surface area contributed by atoms with E-state index in [1.165, 1.54) is 57.4 Å². The van der Waals surface area contributed by atoms with Crippen molar-refractivity contribution in [2.45, 2.75) is 68.5 Å². The second-order valence-electron chi connectivity index (χ2n) is 13.3. The minimum atomic E-state index is -5.30. The number of ether oxygens (including phenoxy) is 1. The van der Waals surface area contributed by atoms with Crippen molar-refractivity contribution in [3.05, 3.63) is 100 Å². The highest BCUT2D eigenvalue weighted by Gasteiger charge is 2.49. The fraction of sp³-hybridized carbons (Fsp3) is 0.378. The van der Waals surface area contributed by atoms with Crippen LogP contribution in [-0.2, 0) is 42.9 Å². The Balaban J connectivity index is 1.71. The quantitative estimate of drug-likeness (QED) is 0.174. The van der Waals surface area contributed by atoms with Gasteiger partial charge in [-0.3, -0.25) is 19.2 Å². The molecule has 55 heavy (non-hydrogen) atoms. The summed E-state index contributed by atoms with van der Waals surface area (Å²) in [4.78, 5) is 66.0. The first kappa shape index (κ1) is 42.6. The van der Waals surface area contributed by atoms with Gasteiger partial charge in [0.25, 0.3) is 11.7 Å². The van der Waals surface area contributed by atoms with E-state index in [-0.39, 0.29) is 23.6 Å². The van der Waals surface area contributed by atoms with Crippen molar-refractivity contribution in [3.63, 3.8) is 0 Å². The number of carbonyl (C=O) groups excluding carboxylic acids is 4. The lowest BCUT2D eigenvalue weighted by Gasteiger charge is -2.30. The number of halogens is 4. The first-order chi connectivity index (χ1) is 25.8. The highest BCUT2D eigenvalue weighted by molar-refractivity contribution is 7.91. The Morgan fingerprint density at radius 2 is 1.56 bits per heavy atom. The van der Waals surface area contributed by atoms with E-state index in [9.17, 15) is 45.6 Å². The van der Waals surface area contributed by atoms with E-state index in [1.807, 2.05) is 0 Å². The molecule has 13 nitrogen and oxygen atoms in total. The third-order valence-corrected chi connectivity index (χ3v) is 11.3. The van der Waals surface area contributed by atoms with Crippen molar-refractivity contribution in [2.75, 3.05) is 13.7 Å². The largest absolute Gasteiger partial charge is 0.497 e. The number of benzene rings is 3. The lowest BCUT2D eigenvalue weighted by molar-refractivity contribution is -0.175. The molecule has 0 aromatic heterocycles. The Bertz CT molecular complexity index is 2000. The second-order valence-corrected chi connectivity index (χ2v) is 16.0. The topological polar surface area (TPSA) is 188 Å². The Labute approximate surface area is 320 Å². The zero-order chi connectivity index (χ0) is 40.7. The van der Waals surface area contributed by atoms with Crippen LogP contribution in [0.5, 0.6) is 5.75 Å². The number of alkyl halides is 3. The molecule has 0 bridgehead atoms. The molecule has 4 atom stereocenters. The van der Waals surface area contributed by atoms with Gasteiger partial charge in [-0.25, -0.2) is 13.2 Å². The fourth-order valence-corrected chi connectivity index (χ4v) is 8.01. The van der Waals surface area contributed by atoms with Crippen LogP contribution in [0.2, 0.25) is 5.02 Å². The van der Waals surface area contributed by atoms with Gasteiger partial charge >= 0.3 is 12.3 Å². The zero-order valence-electron chi connectivity index (χ0n) is 29.9. The number of ketones is 1. The van der Waals surface area contributed by atoms with Gasteiger partial charge in [-0.05, 0) is 59.4 Å². The second kappa shape index (κ2) is 18.0. The summed E-state index contributed by atoms with van der Waals surface area (Å²) in [5.41, 5.74) is 1.49. The lowest BCUT2D eigenvalue weighted by atomic mass is 9.98. The SMILES string of the molecule is COc1ccc(CS(=O)(=O)[C@@H]2C[C@@H](C(=O)NC(C(=O)C(F)(F)F)C(C)C)N(C(=O)C(Cc3ccc(CNC(=O)O)cc3)NC(=O)c3cccc(Cl)c3)C2)cc1. The molecule has 0 saturated carbocycles. The molecule has 1 heterocycles. The maximum Gasteiger partial charge on any atom is 0.452 e. The first-order valence-corrected chi connectivity index (χ1v) is 19.1. The van der Waals surface area contributed by atoms with E-state index >= 15 is 0 Å². The predicted octanol–water partition coefficient (Wildman–Crippen LogP) is 4.31. The van der Waals surface area contributed by atoms with Gasteiger partial charge in [0.1, 0.15) is 17.8 Å². The van der Waals surface area contributed by atoms with Gasteiger partial charge in [-0.1, -0.05) is 67.9 Å². The molecule has 296 valence electrons. The van der Waals surface area contributed by atoms with Crippen LogP contribution in [0, 0.1) is 5.92 Å². The average Bonchev–Trinajstić information content (AvgIpc) is 3.59. The monoisotopic (exact) mass is 808 g/mol. The molecule has 4 amide bonds. The van der Waals surface area contributed by atoms with Crippen LogP contribution in [-0.4, -0.2) is 91.2 Å².